The fraction of sp³-hybridized carbons (Fsp3) is 0.273. The van der Waals surface area contributed by atoms with Crippen LogP contribution in [-0.2, 0) is 6.54 Å². The Morgan fingerprint density at radius 2 is 1.80 bits per heavy atom. The number of hydrogen-bond acceptors (Lipinski definition) is 4. The Morgan fingerprint density at radius 1 is 1.07 bits per heavy atom. The molecule has 1 fully saturated rings. The number of rotatable bonds is 5. The van der Waals surface area contributed by atoms with Crippen LogP contribution < -0.4 is 5.32 Å². The first-order valence-corrected chi connectivity index (χ1v) is 11.0. The number of nitrogens with one attached hydrogen (secondary N) is 2. The van der Waals surface area contributed by atoms with Gasteiger partial charge in [0.1, 0.15) is 0 Å². The number of likely N-dealkylation sites (N-methyl/N-ethyl adjacent to an activating group) is 1. The van der Waals surface area contributed by atoms with Crippen molar-refractivity contribution in [3.8, 4) is 10.4 Å². The number of amides is 2. The lowest BCUT2D eigenvalue weighted by atomic mass is 10.1. The highest BCUT2D eigenvalue weighted by Crippen LogP contribution is 2.33. The Bertz CT molecular complexity index is 1040. The molecule has 3 aromatic rings. The minimum atomic E-state index is -0.159. The van der Waals surface area contributed by atoms with Crippen molar-refractivity contribution >= 4 is 34.8 Å². The van der Waals surface area contributed by atoms with Crippen LogP contribution in [0.1, 0.15) is 26.3 Å². The van der Waals surface area contributed by atoms with E-state index in [1.54, 1.807) is 12.4 Å². The van der Waals surface area contributed by atoms with Gasteiger partial charge in [0.15, 0.2) is 0 Å². The minimum absolute atomic E-state index is 0.0604. The van der Waals surface area contributed by atoms with Crippen molar-refractivity contribution < 1.29 is 9.59 Å². The summed E-state index contributed by atoms with van der Waals surface area (Å²) in [5, 5.41) is 2.95. The number of halogens is 1. The molecule has 0 unspecified atom stereocenters. The molecule has 4 rings (SSSR count). The fourth-order valence-corrected chi connectivity index (χ4v) is 4.52. The van der Waals surface area contributed by atoms with Gasteiger partial charge in [-0.05, 0) is 36.9 Å². The van der Waals surface area contributed by atoms with Gasteiger partial charge in [0.25, 0.3) is 11.8 Å². The molecule has 0 saturated carbocycles. The second-order valence-corrected chi connectivity index (χ2v) is 9.08. The molecule has 1 aromatic carbocycles. The maximum Gasteiger partial charge on any atom is 0.253 e. The Balaban J connectivity index is 1.36. The van der Waals surface area contributed by atoms with Crippen LogP contribution in [0.25, 0.3) is 10.4 Å². The van der Waals surface area contributed by atoms with Crippen molar-refractivity contribution in [1.82, 2.24) is 20.1 Å². The number of thiophene rings is 1. The second kappa shape index (κ2) is 9.04. The summed E-state index contributed by atoms with van der Waals surface area (Å²) in [5.74, 6) is -0.0985. The largest absolute Gasteiger partial charge is 0.366 e. The maximum absolute atomic E-state index is 12.7. The van der Waals surface area contributed by atoms with E-state index >= 15 is 0 Å². The maximum atomic E-state index is 12.7. The van der Waals surface area contributed by atoms with E-state index in [0.29, 0.717) is 22.0 Å². The average molecular weight is 443 g/mol. The van der Waals surface area contributed by atoms with Gasteiger partial charge in [0.05, 0.1) is 9.90 Å². The molecule has 30 heavy (non-hydrogen) atoms. The number of piperazine rings is 1. The molecule has 0 atom stereocenters. The molecule has 2 N–H and O–H groups in total. The van der Waals surface area contributed by atoms with E-state index in [1.807, 2.05) is 41.3 Å². The number of aromatic nitrogens is 1. The van der Waals surface area contributed by atoms with E-state index in [9.17, 15) is 9.59 Å². The van der Waals surface area contributed by atoms with E-state index in [1.165, 1.54) is 11.3 Å². The van der Waals surface area contributed by atoms with Gasteiger partial charge in [-0.25, -0.2) is 0 Å². The zero-order chi connectivity index (χ0) is 21.1. The minimum Gasteiger partial charge on any atom is -0.366 e. The third-order valence-corrected chi connectivity index (χ3v) is 6.54. The zero-order valence-corrected chi connectivity index (χ0v) is 18.2. The molecular weight excluding hydrogens is 420 g/mol. The van der Waals surface area contributed by atoms with Crippen LogP contribution >= 0.6 is 22.9 Å². The Kier molecular flexibility index (Phi) is 6.22. The lowest BCUT2D eigenvalue weighted by Crippen LogP contribution is -2.47. The van der Waals surface area contributed by atoms with Gasteiger partial charge in [-0.15, -0.1) is 11.3 Å². The highest BCUT2D eigenvalue weighted by Gasteiger charge is 2.20. The van der Waals surface area contributed by atoms with Gasteiger partial charge in [-0.2, -0.15) is 0 Å². The van der Waals surface area contributed by atoms with Crippen LogP contribution in [0.5, 0.6) is 0 Å². The third kappa shape index (κ3) is 4.59. The quantitative estimate of drug-likeness (QED) is 0.632. The number of hydrogen-bond donors (Lipinski definition) is 2. The summed E-state index contributed by atoms with van der Waals surface area (Å²) in [6.07, 6.45) is 3.49. The smallest absolute Gasteiger partial charge is 0.253 e. The molecule has 2 aromatic heterocycles. The van der Waals surface area contributed by atoms with Crippen LogP contribution in [0.2, 0.25) is 4.34 Å². The monoisotopic (exact) mass is 442 g/mol. The van der Waals surface area contributed by atoms with Gasteiger partial charge in [-0.3, -0.25) is 9.59 Å². The van der Waals surface area contributed by atoms with Crippen LogP contribution in [0.4, 0.5) is 0 Å². The molecule has 1 aliphatic heterocycles. The van der Waals surface area contributed by atoms with E-state index in [4.69, 9.17) is 11.6 Å². The SMILES string of the molecule is CN1CCN(C(=O)c2ccc(CNC(=O)c3c[nH]cc3-c3ccc(Cl)s3)cc2)CC1. The van der Waals surface area contributed by atoms with Crippen molar-refractivity contribution in [2.45, 2.75) is 6.54 Å². The molecule has 0 aliphatic carbocycles. The normalized spacial score (nSPS) is 14.7. The van der Waals surface area contributed by atoms with Gasteiger partial charge >= 0.3 is 0 Å². The molecule has 8 heteroatoms. The molecular formula is C22H23ClN4O2S. The van der Waals surface area contributed by atoms with Gasteiger partial charge in [-0.1, -0.05) is 23.7 Å². The molecule has 1 aliphatic rings. The zero-order valence-electron chi connectivity index (χ0n) is 16.7. The number of benzene rings is 1. The number of nitrogens with zero attached hydrogens (tertiary/aromatic N) is 2. The summed E-state index contributed by atoms with van der Waals surface area (Å²) in [4.78, 5) is 33.4. The van der Waals surface area contributed by atoms with Crippen LogP contribution in [0.3, 0.4) is 0 Å². The number of aromatic amines is 1. The lowest BCUT2D eigenvalue weighted by molar-refractivity contribution is 0.0664. The second-order valence-electron chi connectivity index (χ2n) is 7.36. The van der Waals surface area contributed by atoms with Crippen molar-refractivity contribution in [2.24, 2.45) is 0 Å². The van der Waals surface area contributed by atoms with E-state index < -0.39 is 0 Å². The Morgan fingerprint density at radius 3 is 2.47 bits per heavy atom. The summed E-state index contributed by atoms with van der Waals surface area (Å²) in [6.45, 7) is 3.68. The molecule has 0 bridgehead atoms. The van der Waals surface area contributed by atoms with Crippen molar-refractivity contribution in [3.05, 3.63) is 69.8 Å². The standard InChI is InChI=1S/C22H23ClN4O2S/c1-26-8-10-27(11-9-26)22(29)16-4-2-15(3-5-16)12-25-21(28)18-14-24-13-17(18)19-6-7-20(23)30-19/h2-7,13-14,24H,8-12H2,1H3,(H,25,28). The lowest BCUT2D eigenvalue weighted by Gasteiger charge is -2.32. The Hall–Kier alpha value is -2.61. The van der Waals surface area contributed by atoms with Gasteiger partial charge in [0, 0.05) is 61.1 Å². The number of carbonyl (C=O) groups is 2. The first kappa shape index (κ1) is 20.7. The average Bonchev–Trinajstić information content (AvgIpc) is 3.41. The molecule has 2 amide bonds. The van der Waals surface area contributed by atoms with E-state index in [-0.39, 0.29) is 11.8 Å². The van der Waals surface area contributed by atoms with Crippen molar-refractivity contribution in [1.29, 1.82) is 0 Å². The molecule has 156 valence electrons. The third-order valence-electron chi connectivity index (χ3n) is 5.27. The summed E-state index contributed by atoms with van der Waals surface area (Å²) < 4.78 is 0.684. The first-order chi connectivity index (χ1) is 14.5. The summed E-state index contributed by atoms with van der Waals surface area (Å²) in [7, 11) is 2.07. The van der Waals surface area contributed by atoms with E-state index in [0.717, 1.165) is 42.2 Å². The Labute approximate surface area is 184 Å². The topological polar surface area (TPSA) is 68.4 Å². The number of H-pyrrole nitrogens is 1. The van der Waals surface area contributed by atoms with E-state index in [2.05, 4.69) is 22.2 Å². The molecule has 1 saturated heterocycles. The molecule has 0 spiro atoms. The predicted molar refractivity (Wildman–Crippen MR) is 120 cm³/mol. The summed E-state index contributed by atoms with van der Waals surface area (Å²) in [6, 6.07) is 11.2. The van der Waals surface area contributed by atoms with Crippen molar-refractivity contribution in [3.63, 3.8) is 0 Å². The summed E-state index contributed by atoms with van der Waals surface area (Å²) in [5.41, 5.74) is 3.03. The van der Waals surface area contributed by atoms with Gasteiger partial charge in [0.2, 0.25) is 0 Å². The van der Waals surface area contributed by atoms with Crippen LogP contribution in [-0.4, -0.2) is 59.8 Å². The van der Waals surface area contributed by atoms with Gasteiger partial charge < -0.3 is 20.1 Å². The fourth-order valence-electron chi connectivity index (χ4n) is 3.45. The van der Waals surface area contributed by atoms with Crippen LogP contribution in [0.15, 0.2) is 48.8 Å². The molecule has 0 radical (unpaired) electrons. The first-order valence-electron chi connectivity index (χ1n) is 9.79. The number of carbonyl (C=O) groups excluding carboxylic acids is 2. The van der Waals surface area contributed by atoms with Crippen LogP contribution in [0, 0.1) is 0 Å². The highest BCUT2D eigenvalue weighted by atomic mass is 35.5. The van der Waals surface area contributed by atoms with Crippen molar-refractivity contribution in [2.75, 3.05) is 33.2 Å². The molecule has 3 heterocycles. The predicted octanol–water partition coefficient (Wildman–Crippen LogP) is 3.71. The highest BCUT2D eigenvalue weighted by molar-refractivity contribution is 7.19. The summed E-state index contributed by atoms with van der Waals surface area (Å²) >= 11 is 7.45. The molecule has 6 nitrogen and oxygen atoms in total.